The Balaban J connectivity index is 1.54. The van der Waals surface area contributed by atoms with Crippen molar-refractivity contribution >= 4 is 12.0 Å². The highest BCUT2D eigenvalue weighted by atomic mass is 16.6. The molecule has 36 heavy (non-hydrogen) atoms. The van der Waals surface area contributed by atoms with Gasteiger partial charge in [0.25, 0.3) is 0 Å². The van der Waals surface area contributed by atoms with Gasteiger partial charge in [-0.15, -0.1) is 6.58 Å². The number of nitrogens with zero attached hydrogens (tertiary/aromatic N) is 1. The average molecular weight is 504 g/mol. The van der Waals surface area contributed by atoms with Crippen LogP contribution in [0.5, 0.6) is 0 Å². The molecule has 0 aromatic rings. The highest BCUT2D eigenvalue weighted by Gasteiger charge is 2.71. The number of unbranched alkanes of at least 4 members (excludes halogenated alkanes) is 10. The fourth-order valence-electron chi connectivity index (χ4n) is 7.71. The van der Waals surface area contributed by atoms with Gasteiger partial charge in [-0.3, -0.25) is 4.79 Å². The summed E-state index contributed by atoms with van der Waals surface area (Å²) in [5.74, 6) is -0.350. The number of allylic oxidation sites excluding steroid dienone is 1. The summed E-state index contributed by atoms with van der Waals surface area (Å²) in [5.41, 5.74) is -0.764. The molecule has 3 fully saturated rings. The average Bonchev–Trinajstić information content (AvgIpc) is 3.52. The van der Waals surface area contributed by atoms with Gasteiger partial charge in [-0.1, -0.05) is 104 Å². The van der Waals surface area contributed by atoms with Crippen molar-refractivity contribution in [3.8, 4) is 0 Å². The first kappa shape index (κ1) is 29.2. The van der Waals surface area contributed by atoms with Crippen LogP contribution in [0.25, 0.3) is 0 Å². The Labute approximate surface area is 220 Å². The van der Waals surface area contributed by atoms with Crippen LogP contribution < -0.4 is 0 Å². The van der Waals surface area contributed by atoms with E-state index in [1.165, 1.54) is 62.7 Å². The summed E-state index contributed by atoms with van der Waals surface area (Å²) >= 11 is 0. The van der Waals surface area contributed by atoms with Gasteiger partial charge < -0.3 is 9.84 Å². The lowest BCUT2D eigenvalue weighted by Gasteiger charge is -2.50. The number of hydrogen-bond donors (Lipinski definition) is 1. The van der Waals surface area contributed by atoms with Gasteiger partial charge in [-0.05, 0) is 48.9 Å². The van der Waals surface area contributed by atoms with Gasteiger partial charge in [0.1, 0.15) is 6.61 Å². The zero-order valence-electron chi connectivity index (χ0n) is 23.6. The Morgan fingerprint density at radius 2 is 1.61 bits per heavy atom. The van der Waals surface area contributed by atoms with Gasteiger partial charge in [-0.2, -0.15) is 0 Å². The molecule has 1 saturated heterocycles. The fraction of sp³-hybridized carbons (Fsp3) is 0.871. The van der Waals surface area contributed by atoms with Crippen molar-refractivity contribution in [2.24, 2.45) is 29.1 Å². The molecule has 2 amide bonds. The van der Waals surface area contributed by atoms with Crippen LogP contribution in [-0.4, -0.2) is 40.3 Å². The van der Waals surface area contributed by atoms with E-state index in [-0.39, 0.29) is 29.8 Å². The minimum Gasteiger partial charge on any atom is -0.447 e. The third kappa shape index (κ3) is 5.71. The Morgan fingerprint density at radius 1 is 1.06 bits per heavy atom. The summed E-state index contributed by atoms with van der Waals surface area (Å²) < 4.78 is 5.59. The number of ether oxygens (including phenoxy) is 1. The zero-order chi connectivity index (χ0) is 26.3. The van der Waals surface area contributed by atoms with E-state index in [2.05, 4.69) is 27.4 Å². The second-order valence-corrected chi connectivity index (χ2v) is 12.6. The largest absolute Gasteiger partial charge is 0.447 e. The first-order chi connectivity index (χ1) is 17.2. The standard InChI is InChI=1S/C31H53NO4/c1-6-8-9-10-11-12-13-14-15-16-17-18-26(33)27(23(3)7-2)28(34)32-29(35)36-22-31(32)25-20-19-24(21-25)30(31,4)5/h7,23-27,33H,2,6,8-22H2,1,3-5H3/t23-,24-,25+,26+,27-,31-/m1/s1. The van der Waals surface area contributed by atoms with Gasteiger partial charge in [0.2, 0.25) is 5.91 Å². The minimum atomic E-state index is -0.781. The molecule has 0 radical (unpaired) electrons. The molecule has 0 unspecified atom stereocenters. The van der Waals surface area contributed by atoms with Crippen molar-refractivity contribution in [3.05, 3.63) is 12.7 Å². The first-order valence-electron chi connectivity index (χ1n) is 15.0. The number of carbonyl (C=O) groups excluding carboxylic acids is 2. The van der Waals surface area contributed by atoms with Crippen LogP contribution in [0.3, 0.4) is 0 Å². The van der Waals surface area contributed by atoms with Crippen molar-refractivity contribution in [2.75, 3.05) is 6.61 Å². The van der Waals surface area contributed by atoms with Crippen LogP contribution in [0.2, 0.25) is 0 Å². The molecule has 0 aromatic carbocycles. The summed E-state index contributed by atoms with van der Waals surface area (Å²) in [4.78, 5) is 28.5. The van der Waals surface area contributed by atoms with Gasteiger partial charge in [0, 0.05) is 0 Å². The van der Waals surface area contributed by atoms with Crippen LogP contribution in [0, 0.1) is 29.1 Å². The van der Waals surface area contributed by atoms with Crippen LogP contribution in [0.15, 0.2) is 12.7 Å². The van der Waals surface area contributed by atoms with Gasteiger partial charge in [-0.25, -0.2) is 9.69 Å². The summed E-state index contributed by atoms with van der Waals surface area (Å²) in [7, 11) is 0. The number of imide groups is 1. The molecule has 206 valence electrons. The number of cyclic esters (lactones) is 1. The van der Waals surface area contributed by atoms with Crippen molar-refractivity contribution in [2.45, 2.75) is 136 Å². The molecular weight excluding hydrogens is 450 g/mol. The molecule has 2 saturated carbocycles. The maximum atomic E-state index is 14.0. The van der Waals surface area contributed by atoms with Gasteiger partial charge in [0.05, 0.1) is 17.6 Å². The predicted molar refractivity (Wildman–Crippen MR) is 145 cm³/mol. The number of amides is 2. The Kier molecular flexibility index (Phi) is 10.5. The number of fused-ring (bicyclic) bond motifs is 3. The molecule has 1 heterocycles. The van der Waals surface area contributed by atoms with Crippen molar-refractivity contribution in [1.82, 2.24) is 4.90 Å². The second kappa shape index (κ2) is 12.9. The van der Waals surface area contributed by atoms with E-state index in [0.717, 1.165) is 32.1 Å². The van der Waals surface area contributed by atoms with E-state index in [1.54, 1.807) is 6.08 Å². The molecule has 6 atom stereocenters. The molecule has 3 aliphatic rings. The third-order valence-corrected chi connectivity index (χ3v) is 10.2. The topological polar surface area (TPSA) is 66.8 Å². The second-order valence-electron chi connectivity index (χ2n) is 12.6. The van der Waals surface area contributed by atoms with Crippen molar-refractivity contribution in [1.29, 1.82) is 0 Å². The van der Waals surface area contributed by atoms with Crippen LogP contribution in [0.4, 0.5) is 4.79 Å². The number of hydrogen-bond acceptors (Lipinski definition) is 4. The first-order valence-corrected chi connectivity index (χ1v) is 15.0. The monoisotopic (exact) mass is 503 g/mol. The quantitative estimate of drug-likeness (QED) is 0.173. The molecule has 2 bridgehead atoms. The maximum Gasteiger partial charge on any atom is 0.417 e. The van der Waals surface area contributed by atoms with E-state index < -0.39 is 23.7 Å². The SMILES string of the molecule is C=C[C@@H](C)[C@@H](C(=O)N1C(=O)OC[C@]12[C@H]1CC[C@H](C1)C2(C)C)[C@@H](O)CCCCCCCCCCCCC. The number of aliphatic hydroxyl groups is 1. The lowest BCUT2D eigenvalue weighted by Crippen LogP contribution is -2.64. The van der Waals surface area contributed by atoms with E-state index in [0.29, 0.717) is 12.3 Å². The Bertz CT molecular complexity index is 749. The maximum absolute atomic E-state index is 14.0. The molecule has 5 heteroatoms. The van der Waals surface area contributed by atoms with Crippen molar-refractivity contribution < 1.29 is 19.4 Å². The highest BCUT2D eigenvalue weighted by molar-refractivity contribution is 5.96. The van der Waals surface area contributed by atoms with Gasteiger partial charge in [0.15, 0.2) is 0 Å². The molecule has 1 N–H and O–H groups in total. The third-order valence-electron chi connectivity index (χ3n) is 10.2. The van der Waals surface area contributed by atoms with E-state index in [9.17, 15) is 14.7 Å². The molecule has 2 aliphatic carbocycles. The smallest absolute Gasteiger partial charge is 0.417 e. The van der Waals surface area contributed by atoms with Crippen molar-refractivity contribution in [3.63, 3.8) is 0 Å². The number of carbonyl (C=O) groups is 2. The Hall–Kier alpha value is -1.36. The fourth-order valence-corrected chi connectivity index (χ4v) is 7.71. The van der Waals surface area contributed by atoms with E-state index in [1.807, 2.05) is 6.92 Å². The summed E-state index contributed by atoms with van der Waals surface area (Å²) in [6, 6.07) is 0. The summed E-state index contributed by atoms with van der Waals surface area (Å²) in [5, 5.41) is 11.2. The summed E-state index contributed by atoms with van der Waals surface area (Å²) in [6.45, 7) is 12.8. The number of aliphatic hydroxyl groups excluding tert-OH is 1. The van der Waals surface area contributed by atoms with Crippen LogP contribution in [-0.2, 0) is 9.53 Å². The minimum absolute atomic E-state index is 0.180. The van der Waals surface area contributed by atoms with Crippen LogP contribution in [0.1, 0.15) is 124 Å². The lowest BCUT2D eigenvalue weighted by atomic mass is 9.62. The molecule has 5 nitrogen and oxygen atoms in total. The molecule has 0 aromatic heterocycles. The molecule has 1 spiro atoms. The zero-order valence-corrected chi connectivity index (χ0v) is 23.6. The number of rotatable bonds is 16. The Morgan fingerprint density at radius 3 is 2.14 bits per heavy atom. The van der Waals surface area contributed by atoms with E-state index in [4.69, 9.17) is 4.74 Å². The van der Waals surface area contributed by atoms with E-state index >= 15 is 0 Å². The predicted octanol–water partition coefficient (Wildman–Crippen LogP) is 7.66. The van der Waals surface area contributed by atoms with Crippen LogP contribution >= 0.6 is 0 Å². The molecular formula is C31H53NO4. The lowest BCUT2D eigenvalue weighted by molar-refractivity contribution is -0.148. The highest BCUT2D eigenvalue weighted by Crippen LogP contribution is 2.65. The molecule has 1 aliphatic heterocycles. The molecule has 3 rings (SSSR count). The van der Waals surface area contributed by atoms with Gasteiger partial charge >= 0.3 is 6.09 Å². The summed E-state index contributed by atoms with van der Waals surface area (Å²) in [6.07, 6.45) is 18.0. The normalized spacial score (nSPS) is 28.9.